The van der Waals surface area contributed by atoms with E-state index in [0.717, 1.165) is 18.0 Å². The number of nitrogens with two attached hydrogens (primary N) is 1. The highest BCUT2D eigenvalue weighted by Crippen LogP contribution is 2.20. The number of nitrogen functional groups attached to an aromatic ring is 1. The Morgan fingerprint density at radius 3 is 3.00 bits per heavy atom. The van der Waals surface area contributed by atoms with Crippen LogP contribution in [0.1, 0.15) is 20.3 Å². The monoisotopic (exact) mass is 258 g/mol. The van der Waals surface area contributed by atoms with Crippen LogP contribution >= 0.6 is 0 Å². The first-order valence-corrected chi connectivity index (χ1v) is 6.33. The van der Waals surface area contributed by atoms with Crippen molar-refractivity contribution >= 4 is 17.3 Å². The standard InChI is InChI=1S/C13H18N6/c1-10(2)8-18(6-3-4-14)13-12-16-5-7-19(12)9-11(15)17-13/h5,7,9-10H,3,6,8,15H2,1-2H3. The average molecular weight is 258 g/mol. The van der Waals surface area contributed by atoms with Crippen LogP contribution in [0.25, 0.3) is 5.65 Å². The molecule has 0 aliphatic rings. The molecular weight excluding hydrogens is 240 g/mol. The molecule has 0 aliphatic carbocycles. The zero-order valence-corrected chi connectivity index (χ0v) is 11.2. The van der Waals surface area contributed by atoms with Gasteiger partial charge >= 0.3 is 0 Å². The van der Waals surface area contributed by atoms with Crippen LogP contribution in [0, 0.1) is 17.2 Å². The Kier molecular flexibility index (Phi) is 3.85. The fourth-order valence-electron chi connectivity index (χ4n) is 2.06. The summed E-state index contributed by atoms with van der Waals surface area (Å²) < 4.78 is 1.86. The van der Waals surface area contributed by atoms with Crippen molar-refractivity contribution in [2.45, 2.75) is 20.3 Å². The van der Waals surface area contributed by atoms with Gasteiger partial charge in [0.05, 0.1) is 18.7 Å². The maximum Gasteiger partial charge on any atom is 0.180 e. The van der Waals surface area contributed by atoms with Gasteiger partial charge in [-0.2, -0.15) is 5.26 Å². The molecule has 2 heterocycles. The minimum atomic E-state index is 0.450. The fraction of sp³-hybridized carbons (Fsp3) is 0.462. The highest BCUT2D eigenvalue weighted by Gasteiger charge is 2.15. The molecule has 0 amide bonds. The van der Waals surface area contributed by atoms with Crippen molar-refractivity contribution in [1.82, 2.24) is 14.4 Å². The van der Waals surface area contributed by atoms with Crippen molar-refractivity contribution in [3.63, 3.8) is 0 Å². The second-order valence-electron chi connectivity index (χ2n) is 4.90. The Balaban J connectivity index is 2.42. The van der Waals surface area contributed by atoms with Crippen molar-refractivity contribution in [3.8, 4) is 6.07 Å². The SMILES string of the molecule is CC(C)CN(CCC#N)c1nc(N)cn2ccnc12. The summed E-state index contributed by atoms with van der Waals surface area (Å²) in [4.78, 5) is 10.8. The minimum absolute atomic E-state index is 0.450. The van der Waals surface area contributed by atoms with Crippen LogP contribution in [0.2, 0.25) is 0 Å². The van der Waals surface area contributed by atoms with Gasteiger partial charge < -0.3 is 15.0 Å². The molecule has 6 heteroatoms. The number of aromatic nitrogens is 3. The third-order valence-corrected chi connectivity index (χ3v) is 2.75. The molecular formula is C13H18N6. The molecule has 0 saturated carbocycles. The van der Waals surface area contributed by atoms with Crippen LogP contribution in [0.4, 0.5) is 11.6 Å². The van der Waals surface area contributed by atoms with Crippen molar-refractivity contribution in [3.05, 3.63) is 18.6 Å². The van der Waals surface area contributed by atoms with Gasteiger partial charge in [-0.25, -0.2) is 9.97 Å². The first-order chi connectivity index (χ1) is 9.11. The topological polar surface area (TPSA) is 83.2 Å². The van der Waals surface area contributed by atoms with Crippen LogP contribution in [-0.2, 0) is 0 Å². The Hall–Kier alpha value is -2.29. The number of imidazole rings is 1. The van der Waals surface area contributed by atoms with E-state index in [1.165, 1.54) is 0 Å². The smallest absolute Gasteiger partial charge is 0.180 e. The normalized spacial score (nSPS) is 10.8. The molecule has 0 atom stereocenters. The van der Waals surface area contributed by atoms with E-state index in [1.807, 2.05) is 10.6 Å². The number of hydrogen-bond acceptors (Lipinski definition) is 5. The highest BCUT2D eigenvalue weighted by atomic mass is 15.2. The molecule has 2 N–H and O–H groups in total. The maximum absolute atomic E-state index is 8.78. The minimum Gasteiger partial charge on any atom is -0.382 e. The number of fused-ring (bicyclic) bond motifs is 1. The van der Waals surface area contributed by atoms with Crippen molar-refractivity contribution in [2.75, 3.05) is 23.7 Å². The molecule has 0 saturated heterocycles. The Morgan fingerprint density at radius 2 is 2.32 bits per heavy atom. The molecule has 100 valence electrons. The molecule has 0 unspecified atom stereocenters. The van der Waals surface area contributed by atoms with E-state index < -0.39 is 0 Å². The van der Waals surface area contributed by atoms with E-state index in [0.29, 0.717) is 24.7 Å². The summed E-state index contributed by atoms with van der Waals surface area (Å²) in [5.74, 6) is 1.66. The van der Waals surface area contributed by atoms with E-state index in [-0.39, 0.29) is 0 Å². The first-order valence-electron chi connectivity index (χ1n) is 6.33. The van der Waals surface area contributed by atoms with Gasteiger partial charge in [0.25, 0.3) is 0 Å². The Bertz CT molecular complexity index is 595. The van der Waals surface area contributed by atoms with Crippen molar-refractivity contribution < 1.29 is 0 Å². The zero-order valence-electron chi connectivity index (χ0n) is 11.2. The predicted molar refractivity (Wildman–Crippen MR) is 74.7 cm³/mol. The number of nitriles is 1. The largest absolute Gasteiger partial charge is 0.382 e. The molecule has 2 aromatic rings. The van der Waals surface area contributed by atoms with Gasteiger partial charge in [-0.3, -0.25) is 0 Å². The summed E-state index contributed by atoms with van der Waals surface area (Å²) in [6, 6.07) is 2.17. The van der Waals surface area contributed by atoms with E-state index >= 15 is 0 Å². The molecule has 0 spiro atoms. The Morgan fingerprint density at radius 1 is 1.53 bits per heavy atom. The molecule has 6 nitrogen and oxygen atoms in total. The van der Waals surface area contributed by atoms with Gasteiger partial charge in [-0.05, 0) is 5.92 Å². The molecule has 0 radical (unpaired) electrons. The molecule has 0 aliphatic heterocycles. The van der Waals surface area contributed by atoms with Crippen LogP contribution in [0.3, 0.4) is 0 Å². The lowest BCUT2D eigenvalue weighted by Gasteiger charge is -2.25. The van der Waals surface area contributed by atoms with Gasteiger partial charge in [0.2, 0.25) is 0 Å². The quantitative estimate of drug-likeness (QED) is 0.882. The Labute approximate surface area is 112 Å². The lowest BCUT2D eigenvalue weighted by atomic mass is 10.2. The second kappa shape index (κ2) is 5.57. The average Bonchev–Trinajstić information content (AvgIpc) is 2.80. The molecule has 0 fully saturated rings. The number of hydrogen-bond donors (Lipinski definition) is 1. The summed E-state index contributed by atoms with van der Waals surface area (Å²) >= 11 is 0. The van der Waals surface area contributed by atoms with Crippen molar-refractivity contribution in [1.29, 1.82) is 5.26 Å². The van der Waals surface area contributed by atoms with Gasteiger partial charge in [0, 0.05) is 25.5 Å². The molecule has 2 rings (SSSR count). The summed E-state index contributed by atoms with van der Waals surface area (Å²) in [7, 11) is 0. The lowest BCUT2D eigenvalue weighted by molar-refractivity contribution is 0.608. The molecule has 0 bridgehead atoms. The number of nitrogens with zero attached hydrogens (tertiary/aromatic N) is 5. The van der Waals surface area contributed by atoms with Gasteiger partial charge in [0.1, 0.15) is 5.82 Å². The van der Waals surface area contributed by atoms with E-state index in [1.54, 1.807) is 12.4 Å². The number of rotatable bonds is 5. The summed E-state index contributed by atoms with van der Waals surface area (Å²) in [6.07, 6.45) is 5.76. The fourth-order valence-corrected chi connectivity index (χ4v) is 2.06. The predicted octanol–water partition coefficient (Wildman–Crippen LogP) is 1.69. The molecule has 0 aromatic carbocycles. The summed E-state index contributed by atoms with van der Waals surface area (Å²) in [5.41, 5.74) is 6.60. The van der Waals surface area contributed by atoms with Gasteiger partial charge in [-0.1, -0.05) is 13.8 Å². The van der Waals surface area contributed by atoms with E-state index in [2.05, 4.69) is 34.8 Å². The summed E-state index contributed by atoms with van der Waals surface area (Å²) in [5, 5.41) is 8.78. The second-order valence-corrected chi connectivity index (χ2v) is 4.90. The van der Waals surface area contributed by atoms with Crippen LogP contribution in [0.15, 0.2) is 18.6 Å². The number of anilines is 2. The summed E-state index contributed by atoms with van der Waals surface area (Å²) in [6.45, 7) is 5.72. The van der Waals surface area contributed by atoms with Crippen molar-refractivity contribution in [2.24, 2.45) is 5.92 Å². The van der Waals surface area contributed by atoms with E-state index in [9.17, 15) is 0 Å². The maximum atomic E-state index is 8.78. The molecule has 19 heavy (non-hydrogen) atoms. The zero-order chi connectivity index (χ0) is 13.8. The third kappa shape index (κ3) is 2.94. The third-order valence-electron chi connectivity index (χ3n) is 2.75. The lowest BCUT2D eigenvalue weighted by Crippen LogP contribution is -2.30. The van der Waals surface area contributed by atoms with E-state index in [4.69, 9.17) is 11.0 Å². The highest BCUT2D eigenvalue weighted by molar-refractivity contribution is 5.66. The molecule has 2 aromatic heterocycles. The van der Waals surface area contributed by atoms with Crippen LogP contribution < -0.4 is 10.6 Å². The first kappa shape index (κ1) is 13.1. The van der Waals surface area contributed by atoms with Crippen LogP contribution in [0.5, 0.6) is 0 Å². The van der Waals surface area contributed by atoms with Gasteiger partial charge in [-0.15, -0.1) is 0 Å². The van der Waals surface area contributed by atoms with Gasteiger partial charge in [0.15, 0.2) is 11.5 Å². The van der Waals surface area contributed by atoms with Crippen LogP contribution in [-0.4, -0.2) is 27.5 Å².